The van der Waals surface area contributed by atoms with Crippen LogP contribution >= 0.6 is 0 Å². The average molecular weight is 249 g/mol. The fourth-order valence-electron chi connectivity index (χ4n) is 4.24. The molecule has 100 valence electrons. The summed E-state index contributed by atoms with van der Waals surface area (Å²) in [7, 11) is 0. The van der Waals surface area contributed by atoms with E-state index in [4.69, 9.17) is 0 Å². The van der Waals surface area contributed by atoms with E-state index in [9.17, 15) is 9.59 Å². The molecule has 0 saturated heterocycles. The Morgan fingerprint density at radius 2 is 1.89 bits per heavy atom. The minimum atomic E-state index is 0.229. The lowest BCUT2D eigenvalue weighted by Crippen LogP contribution is -2.38. The Balaban J connectivity index is 1.43. The Morgan fingerprint density at radius 1 is 1.11 bits per heavy atom. The first kappa shape index (κ1) is 12.2. The maximum Gasteiger partial charge on any atom is 0.220 e. The van der Waals surface area contributed by atoms with Gasteiger partial charge in [0.05, 0.1) is 0 Å². The summed E-state index contributed by atoms with van der Waals surface area (Å²) in [5, 5.41) is 3.13. The summed E-state index contributed by atoms with van der Waals surface area (Å²) in [4.78, 5) is 23.2. The first-order chi connectivity index (χ1) is 8.70. The molecule has 3 heteroatoms. The third-order valence-electron chi connectivity index (χ3n) is 5.24. The first-order valence-corrected chi connectivity index (χ1v) is 7.52. The van der Waals surface area contributed by atoms with Crippen LogP contribution in [0.1, 0.15) is 57.8 Å². The van der Waals surface area contributed by atoms with Crippen molar-refractivity contribution in [3.63, 3.8) is 0 Å². The molecule has 0 aromatic carbocycles. The van der Waals surface area contributed by atoms with Crippen LogP contribution in [0.25, 0.3) is 0 Å². The number of fused-ring (bicyclic) bond motifs is 2. The zero-order valence-electron chi connectivity index (χ0n) is 11.0. The summed E-state index contributed by atoms with van der Waals surface area (Å²) in [6, 6.07) is 0.258. The van der Waals surface area contributed by atoms with Gasteiger partial charge in [-0.2, -0.15) is 0 Å². The van der Waals surface area contributed by atoms with Crippen molar-refractivity contribution in [1.82, 2.24) is 5.32 Å². The lowest BCUT2D eigenvalue weighted by atomic mass is 9.86. The summed E-state index contributed by atoms with van der Waals surface area (Å²) in [5.41, 5.74) is 0. The van der Waals surface area contributed by atoms with Crippen LogP contribution in [-0.2, 0) is 9.59 Å². The van der Waals surface area contributed by atoms with Gasteiger partial charge in [0.1, 0.15) is 5.78 Å². The van der Waals surface area contributed by atoms with Gasteiger partial charge in [-0.25, -0.2) is 0 Å². The van der Waals surface area contributed by atoms with Gasteiger partial charge in [-0.3, -0.25) is 9.59 Å². The lowest BCUT2D eigenvalue weighted by Gasteiger charge is -2.25. The Bertz CT molecular complexity index is 342. The summed E-state index contributed by atoms with van der Waals surface area (Å²) in [6.45, 7) is 0. The van der Waals surface area contributed by atoms with Crippen LogP contribution in [0.4, 0.5) is 0 Å². The predicted octanol–water partition coefficient (Wildman–Crippen LogP) is 2.44. The third kappa shape index (κ3) is 2.60. The van der Waals surface area contributed by atoms with E-state index in [1.807, 2.05) is 0 Å². The van der Waals surface area contributed by atoms with Crippen molar-refractivity contribution in [2.75, 3.05) is 0 Å². The highest BCUT2D eigenvalue weighted by Gasteiger charge is 2.40. The maximum absolute atomic E-state index is 12.0. The minimum Gasteiger partial charge on any atom is -0.353 e. The van der Waals surface area contributed by atoms with Crippen molar-refractivity contribution in [3.8, 4) is 0 Å². The van der Waals surface area contributed by atoms with Crippen molar-refractivity contribution in [2.45, 2.75) is 63.8 Å². The molecule has 3 saturated carbocycles. The largest absolute Gasteiger partial charge is 0.353 e. The molecule has 3 rings (SSSR count). The van der Waals surface area contributed by atoms with Gasteiger partial charge in [-0.05, 0) is 49.9 Å². The molecule has 1 N–H and O–H groups in total. The fourth-order valence-corrected chi connectivity index (χ4v) is 4.24. The van der Waals surface area contributed by atoms with Crippen molar-refractivity contribution in [2.24, 2.45) is 17.8 Å². The van der Waals surface area contributed by atoms with Gasteiger partial charge in [0.15, 0.2) is 0 Å². The van der Waals surface area contributed by atoms with Crippen LogP contribution in [0.5, 0.6) is 0 Å². The molecule has 0 spiro atoms. The van der Waals surface area contributed by atoms with Crippen molar-refractivity contribution in [1.29, 1.82) is 0 Å². The second-order valence-electron chi connectivity index (χ2n) is 6.52. The van der Waals surface area contributed by atoms with E-state index < -0.39 is 0 Å². The minimum absolute atomic E-state index is 0.229. The van der Waals surface area contributed by atoms with Crippen LogP contribution in [0.3, 0.4) is 0 Å². The smallest absolute Gasteiger partial charge is 0.220 e. The molecule has 3 aliphatic carbocycles. The number of hydrogen-bond acceptors (Lipinski definition) is 2. The second-order valence-corrected chi connectivity index (χ2v) is 6.52. The highest BCUT2D eigenvalue weighted by Crippen LogP contribution is 2.49. The van der Waals surface area contributed by atoms with E-state index in [-0.39, 0.29) is 11.9 Å². The summed E-state index contributed by atoms with van der Waals surface area (Å²) >= 11 is 0. The highest BCUT2D eigenvalue weighted by molar-refractivity contribution is 5.80. The molecule has 3 unspecified atom stereocenters. The van der Waals surface area contributed by atoms with Crippen molar-refractivity contribution < 1.29 is 9.59 Å². The normalized spacial score (nSPS) is 36.0. The second kappa shape index (κ2) is 5.02. The average Bonchev–Trinajstić information content (AvgIpc) is 2.94. The van der Waals surface area contributed by atoms with Crippen molar-refractivity contribution in [3.05, 3.63) is 0 Å². The van der Waals surface area contributed by atoms with E-state index in [0.717, 1.165) is 31.1 Å². The molecule has 0 aromatic rings. The van der Waals surface area contributed by atoms with Gasteiger partial charge in [-0.1, -0.05) is 6.42 Å². The first-order valence-electron chi connectivity index (χ1n) is 7.52. The molecule has 3 fully saturated rings. The molecule has 3 aliphatic rings. The molecule has 3 atom stereocenters. The number of hydrogen-bond donors (Lipinski definition) is 1. The third-order valence-corrected chi connectivity index (χ3v) is 5.24. The number of carbonyl (C=O) groups is 2. The fraction of sp³-hybridized carbons (Fsp3) is 0.867. The highest BCUT2D eigenvalue weighted by atomic mass is 16.1. The van der Waals surface area contributed by atoms with Gasteiger partial charge in [-0.15, -0.1) is 0 Å². The number of rotatable bonds is 3. The molecule has 0 radical (unpaired) electrons. The van der Waals surface area contributed by atoms with Crippen LogP contribution in [0.15, 0.2) is 0 Å². The summed E-state index contributed by atoms with van der Waals surface area (Å²) < 4.78 is 0. The van der Waals surface area contributed by atoms with Gasteiger partial charge in [0.25, 0.3) is 0 Å². The van der Waals surface area contributed by atoms with Gasteiger partial charge < -0.3 is 5.32 Å². The predicted molar refractivity (Wildman–Crippen MR) is 69.0 cm³/mol. The van der Waals surface area contributed by atoms with Crippen LogP contribution in [0.2, 0.25) is 0 Å². The van der Waals surface area contributed by atoms with E-state index in [1.54, 1.807) is 0 Å². The zero-order chi connectivity index (χ0) is 12.5. The summed E-state index contributed by atoms with van der Waals surface area (Å²) in [6.07, 6.45) is 9.12. The molecule has 0 aliphatic heterocycles. The van der Waals surface area contributed by atoms with Crippen LogP contribution < -0.4 is 5.32 Å². The Kier molecular flexibility index (Phi) is 3.40. The van der Waals surface area contributed by atoms with Gasteiger partial charge in [0.2, 0.25) is 5.91 Å². The van der Waals surface area contributed by atoms with Gasteiger partial charge in [0, 0.05) is 25.3 Å². The Hall–Kier alpha value is -0.860. The Labute approximate surface area is 109 Å². The quantitative estimate of drug-likeness (QED) is 0.835. The molecular formula is C15H23NO2. The molecule has 0 aromatic heterocycles. The standard InChI is InChI=1S/C15H23NO2/c17-14-5-3-13(4-6-14)16-15(18)9-12-8-10-1-2-11(12)7-10/h10-13H,1-9H2,(H,16,18). The van der Waals surface area contributed by atoms with E-state index >= 15 is 0 Å². The SMILES string of the molecule is O=C1CCC(NC(=O)CC2CC3CCC2C3)CC1. The van der Waals surface area contributed by atoms with Crippen LogP contribution in [-0.4, -0.2) is 17.7 Å². The number of carbonyl (C=O) groups excluding carboxylic acids is 2. The number of Topliss-reactive ketones (excluding diaryl/α,β-unsaturated/α-hetero) is 1. The zero-order valence-corrected chi connectivity index (χ0v) is 11.0. The molecule has 0 heterocycles. The van der Waals surface area contributed by atoms with E-state index in [2.05, 4.69) is 5.32 Å². The Morgan fingerprint density at radius 3 is 2.50 bits per heavy atom. The van der Waals surface area contributed by atoms with E-state index in [0.29, 0.717) is 24.5 Å². The molecule has 3 nitrogen and oxygen atoms in total. The molecule has 18 heavy (non-hydrogen) atoms. The van der Waals surface area contributed by atoms with Crippen LogP contribution in [0, 0.1) is 17.8 Å². The monoisotopic (exact) mass is 249 g/mol. The number of nitrogens with one attached hydrogen (secondary N) is 1. The van der Waals surface area contributed by atoms with Crippen molar-refractivity contribution >= 4 is 11.7 Å². The molecule has 2 bridgehead atoms. The lowest BCUT2D eigenvalue weighted by molar-refractivity contribution is -0.125. The topological polar surface area (TPSA) is 46.2 Å². The van der Waals surface area contributed by atoms with Gasteiger partial charge >= 0.3 is 0 Å². The van der Waals surface area contributed by atoms with E-state index in [1.165, 1.54) is 25.7 Å². The number of ketones is 1. The maximum atomic E-state index is 12.0. The molecule has 1 amide bonds. The number of amides is 1. The molecular weight excluding hydrogens is 226 g/mol. The summed E-state index contributed by atoms with van der Waals surface area (Å²) in [5.74, 6) is 2.98.